The molecule has 0 unspecified atom stereocenters. The van der Waals surface area contributed by atoms with Crippen LogP contribution in [0.25, 0.3) is 0 Å². The first-order chi connectivity index (χ1) is 10.8. The molecule has 1 heterocycles. The number of rotatable bonds is 8. The number of carbonyl (C=O) groups is 1. The van der Waals surface area contributed by atoms with Gasteiger partial charge >= 0.3 is 0 Å². The molecular formula is C16H25N3O3. The molecule has 2 rings (SSSR count). The van der Waals surface area contributed by atoms with Gasteiger partial charge in [0.1, 0.15) is 5.75 Å². The third-order valence-electron chi connectivity index (χ3n) is 3.64. The number of hydrogen-bond donors (Lipinski definition) is 2. The van der Waals surface area contributed by atoms with Gasteiger partial charge in [0.25, 0.3) is 0 Å². The van der Waals surface area contributed by atoms with Crippen LogP contribution in [0, 0.1) is 0 Å². The van der Waals surface area contributed by atoms with E-state index in [0.29, 0.717) is 13.1 Å². The third-order valence-corrected chi connectivity index (χ3v) is 3.64. The molecule has 1 aliphatic heterocycles. The van der Waals surface area contributed by atoms with Crippen LogP contribution >= 0.6 is 0 Å². The molecule has 22 heavy (non-hydrogen) atoms. The van der Waals surface area contributed by atoms with Crippen molar-refractivity contribution in [3.8, 4) is 5.75 Å². The Bertz CT molecular complexity index is 444. The summed E-state index contributed by atoms with van der Waals surface area (Å²) in [5.74, 6) is 0.831. The highest BCUT2D eigenvalue weighted by Crippen LogP contribution is 2.10. The molecule has 6 nitrogen and oxygen atoms in total. The maximum absolute atomic E-state index is 11.8. The second-order valence-electron chi connectivity index (χ2n) is 5.26. The number of amides is 1. The third kappa shape index (κ3) is 6.01. The lowest BCUT2D eigenvalue weighted by Gasteiger charge is -2.26. The molecule has 0 aromatic heterocycles. The topological polar surface area (TPSA) is 62.8 Å². The molecule has 1 saturated heterocycles. The van der Waals surface area contributed by atoms with Crippen molar-refractivity contribution in [2.45, 2.75) is 6.54 Å². The first-order valence-electron chi connectivity index (χ1n) is 7.68. The van der Waals surface area contributed by atoms with E-state index < -0.39 is 0 Å². The zero-order chi connectivity index (χ0) is 15.6. The largest absolute Gasteiger partial charge is 0.497 e. The first-order valence-corrected chi connectivity index (χ1v) is 7.68. The first kappa shape index (κ1) is 16.7. The molecule has 6 heteroatoms. The van der Waals surface area contributed by atoms with E-state index in [1.807, 2.05) is 24.3 Å². The standard InChI is InChI=1S/C16H25N3O3/c1-21-15-4-2-14(3-5-15)12-18-16(20)13-17-6-7-19-8-10-22-11-9-19/h2-5,17H,6-13H2,1H3,(H,18,20). The fourth-order valence-corrected chi connectivity index (χ4v) is 2.27. The summed E-state index contributed by atoms with van der Waals surface area (Å²) in [6.07, 6.45) is 0. The number of morpholine rings is 1. The molecule has 2 N–H and O–H groups in total. The molecule has 122 valence electrons. The van der Waals surface area contributed by atoms with Gasteiger partial charge in [-0.15, -0.1) is 0 Å². The van der Waals surface area contributed by atoms with Crippen LogP contribution in [0.15, 0.2) is 24.3 Å². The van der Waals surface area contributed by atoms with Crippen molar-refractivity contribution in [3.05, 3.63) is 29.8 Å². The quantitative estimate of drug-likeness (QED) is 0.673. The number of hydrogen-bond acceptors (Lipinski definition) is 5. The number of methoxy groups -OCH3 is 1. The lowest BCUT2D eigenvalue weighted by atomic mass is 10.2. The van der Waals surface area contributed by atoms with Gasteiger partial charge in [0.2, 0.25) is 5.91 Å². The van der Waals surface area contributed by atoms with Crippen molar-refractivity contribution < 1.29 is 14.3 Å². The Morgan fingerprint density at radius 1 is 1.27 bits per heavy atom. The molecular weight excluding hydrogens is 282 g/mol. The zero-order valence-corrected chi connectivity index (χ0v) is 13.1. The van der Waals surface area contributed by atoms with Gasteiger partial charge in [-0.05, 0) is 17.7 Å². The van der Waals surface area contributed by atoms with Gasteiger partial charge in [-0.2, -0.15) is 0 Å². The van der Waals surface area contributed by atoms with Crippen molar-refractivity contribution in [2.75, 3.05) is 53.0 Å². The Labute approximate surface area is 131 Å². The van der Waals surface area contributed by atoms with Crippen molar-refractivity contribution in [2.24, 2.45) is 0 Å². The van der Waals surface area contributed by atoms with Crippen LogP contribution in [0.1, 0.15) is 5.56 Å². The van der Waals surface area contributed by atoms with Crippen molar-refractivity contribution >= 4 is 5.91 Å². The summed E-state index contributed by atoms with van der Waals surface area (Å²) in [7, 11) is 1.64. The SMILES string of the molecule is COc1ccc(CNC(=O)CNCCN2CCOCC2)cc1. The predicted octanol–water partition coefficient (Wildman–Crippen LogP) is 0.233. The summed E-state index contributed by atoms with van der Waals surface area (Å²) in [6, 6.07) is 7.68. The Hall–Kier alpha value is -1.63. The van der Waals surface area contributed by atoms with E-state index in [9.17, 15) is 4.79 Å². The molecule has 0 radical (unpaired) electrons. The van der Waals surface area contributed by atoms with Gasteiger partial charge in [0.05, 0.1) is 26.9 Å². The van der Waals surface area contributed by atoms with Gasteiger partial charge in [0.15, 0.2) is 0 Å². The summed E-state index contributed by atoms with van der Waals surface area (Å²) >= 11 is 0. The minimum Gasteiger partial charge on any atom is -0.497 e. The minimum absolute atomic E-state index is 0.0118. The number of benzene rings is 1. The Morgan fingerprint density at radius 2 is 2.00 bits per heavy atom. The summed E-state index contributed by atoms with van der Waals surface area (Å²) < 4.78 is 10.4. The van der Waals surface area contributed by atoms with Gasteiger partial charge in [0, 0.05) is 32.7 Å². The lowest BCUT2D eigenvalue weighted by Crippen LogP contribution is -2.42. The zero-order valence-electron chi connectivity index (χ0n) is 13.1. The van der Waals surface area contributed by atoms with Gasteiger partial charge in [-0.3, -0.25) is 9.69 Å². The van der Waals surface area contributed by atoms with E-state index in [4.69, 9.17) is 9.47 Å². The van der Waals surface area contributed by atoms with Crippen LogP contribution in [-0.4, -0.2) is 63.9 Å². The Balaban J connectivity index is 1.55. The van der Waals surface area contributed by atoms with Crippen molar-refractivity contribution in [3.63, 3.8) is 0 Å². The number of nitrogens with zero attached hydrogens (tertiary/aromatic N) is 1. The molecule has 1 fully saturated rings. The lowest BCUT2D eigenvalue weighted by molar-refractivity contribution is -0.120. The maximum Gasteiger partial charge on any atom is 0.234 e. The molecule has 1 aromatic carbocycles. The highest BCUT2D eigenvalue weighted by molar-refractivity contribution is 5.77. The molecule has 0 aliphatic carbocycles. The van der Waals surface area contributed by atoms with E-state index in [0.717, 1.165) is 50.7 Å². The number of carbonyl (C=O) groups excluding carboxylic acids is 1. The fourth-order valence-electron chi connectivity index (χ4n) is 2.27. The van der Waals surface area contributed by atoms with Crippen LogP contribution in [0.5, 0.6) is 5.75 Å². The fraction of sp³-hybridized carbons (Fsp3) is 0.562. The van der Waals surface area contributed by atoms with Crippen LogP contribution in [0.4, 0.5) is 0 Å². The van der Waals surface area contributed by atoms with Gasteiger partial charge in [-0.25, -0.2) is 0 Å². The van der Waals surface area contributed by atoms with E-state index in [1.165, 1.54) is 0 Å². The van der Waals surface area contributed by atoms with Crippen LogP contribution in [0.2, 0.25) is 0 Å². The Kier molecular flexibility index (Phi) is 7.15. The Morgan fingerprint density at radius 3 is 2.68 bits per heavy atom. The van der Waals surface area contributed by atoms with Gasteiger partial charge < -0.3 is 20.1 Å². The van der Waals surface area contributed by atoms with Crippen LogP contribution < -0.4 is 15.4 Å². The summed E-state index contributed by atoms with van der Waals surface area (Å²) in [4.78, 5) is 14.1. The highest BCUT2D eigenvalue weighted by Gasteiger charge is 2.09. The van der Waals surface area contributed by atoms with E-state index >= 15 is 0 Å². The number of nitrogens with one attached hydrogen (secondary N) is 2. The average Bonchev–Trinajstić information content (AvgIpc) is 2.58. The van der Waals surface area contributed by atoms with Crippen molar-refractivity contribution in [1.82, 2.24) is 15.5 Å². The molecule has 0 spiro atoms. The molecule has 0 saturated carbocycles. The normalized spacial score (nSPS) is 15.5. The minimum atomic E-state index is 0.0118. The van der Waals surface area contributed by atoms with Crippen molar-refractivity contribution in [1.29, 1.82) is 0 Å². The maximum atomic E-state index is 11.8. The summed E-state index contributed by atoms with van der Waals surface area (Å²) in [5, 5.41) is 6.07. The molecule has 0 bridgehead atoms. The second kappa shape index (κ2) is 9.40. The van der Waals surface area contributed by atoms with E-state index in [1.54, 1.807) is 7.11 Å². The molecule has 1 aliphatic rings. The van der Waals surface area contributed by atoms with E-state index in [2.05, 4.69) is 15.5 Å². The monoisotopic (exact) mass is 307 g/mol. The summed E-state index contributed by atoms with van der Waals surface area (Å²) in [6.45, 7) is 6.22. The van der Waals surface area contributed by atoms with Crippen LogP contribution in [-0.2, 0) is 16.1 Å². The smallest absolute Gasteiger partial charge is 0.234 e. The van der Waals surface area contributed by atoms with E-state index in [-0.39, 0.29) is 5.91 Å². The molecule has 1 amide bonds. The predicted molar refractivity (Wildman–Crippen MR) is 85.0 cm³/mol. The van der Waals surface area contributed by atoms with Gasteiger partial charge in [-0.1, -0.05) is 12.1 Å². The van der Waals surface area contributed by atoms with Crippen LogP contribution in [0.3, 0.4) is 0 Å². The summed E-state index contributed by atoms with van der Waals surface area (Å²) in [5.41, 5.74) is 1.06. The average molecular weight is 307 g/mol. The number of ether oxygens (including phenoxy) is 2. The second-order valence-corrected chi connectivity index (χ2v) is 5.26. The highest BCUT2D eigenvalue weighted by atomic mass is 16.5. The molecule has 0 atom stereocenters. The molecule has 1 aromatic rings.